The molecule has 2 bridgehead atoms. The van der Waals surface area contributed by atoms with Crippen LogP contribution in [0.3, 0.4) is 0 Å². The van der Waals surface area contributed by atoms with Crippen molar-refractivity contribution in [1.82, 2.24) is 35.4 Å². The summed E-state index contributed by atoms with van der Waals surface area (Å²) in [5.41, 5.74) is 5.04. The normalized spacial score (nSPS) is 20.9. The van der Waals surface area contributed by atoms with Crippen molar-refractivity contribution in [1.29, 1.82) is 0 Å². The third kappa shape index (κ3) is 7.59. The molecule has 2 aromatic heterocycles. The van der Waals surface area contributed by atoms with E-state index >= 15 is 0 Å². The van der Waals surface area contributed by atoms with Gasteiger partial charge in [0.05, 0.1) is 43.7 Å². The number of ether oxygens (including phenoxy) is 2. The summed E-state index contributed by atoms with van der Waals surface area (Å²) < 4.78 is 9.60. The molecule has 4 heterocycles. The lowest BCUT2D eigenvalue weighted by molar-refractivity contribution is -0.139. The van der Waals surface area contributed by atoms with Gasteiger partial charge in [0.15, 0.2) is 5.43 Å². The Labute approximate surface area is 348 Å². The third-order valence-corrected chi connectivity index (χ3v) is 12.7. The van der Waals surface area contributed by atoms with Crippen molar-refractivity contribution >= 4 is 45.7 Å². The number of pyridine rings is 1. The Hall–Kier alpha value is -6.18. The molecule has 60 heavy (non-hydrogen) atoms. The minimum atomic E-state index is -0.749. The van der Waals surface area contributed by atoms with Crippen LogP contribution >= 0.6 is 0 Å². The quantitative estimate of drug-likeness (QED) is 0.114. The monoisotopic (exact) mass is 815 g/mol. The number of hydrogen-bond acceptors (Lipinski definition) is 8. The second-order valence-electron chi connectivity index (χ2n) is 17.1. The number of amides is 4. The maximum atomic E-state index is 14.1. The van der Waals surface area contributed by atoms with E-state index < -0.39 is 24.3 Å². The van der Waals surface area contributed by atoms with E-state index in [9.17, 15) is 24.0 Å². The number of piperidine rings is 1. The molecule has 14 nitrogen and oxygen atoms in total. The summed E-state index contributed by atoms with van der Waals surface area (Å²) in [6.07, 6.45) is 4.83. The number of rotatable bonds is 10. The molecule has 314 valence electrons. The molecule has 3 fully saturated rings. The van der Waals surface area contributed by atoms with Crippen LogP contribution in [0.2, 0.25) is 0 Å². The molecule has 2 aliphatic heterocycles. The summed E-state index contributed by atoms with van der Waals surface area (Å²) in [5, 5.41) is 8.09. The van der Waals surface area contributed by atoms with Crippen LogP contribution < -0.4 is 16.1 Å². The Bertz CT molecular complexity index is 2530. The van der Waals surface area contributed by atoms with Gasteiger partial charge in [-0.25, -0.2) is 14.6 Å². The minimum Gasteiger partial charge on any atom is -0.453 e. The second kappa shape index (κ2) is 16.5. The fourth-order valence-corrected chi connectivity index (χ4v) is 9.62. The van der Waals surface area contributed by atoms with Gasteiger partial charge in [0, 0.05) is 35.3 Å². The highest BCUT2D eigenvalue weighted by molar-refractivity contribution is 5.92. The first-order chi connectivity index (χ1) is 28.8. The van der Waals surface area contributed by atoms with Crippen molar-refractivity contribution in [3.05, 3.63) is 88.6 Å². The largest absolute Gasteiger partial charge is 0.453 e. The number of likely N-dealkylation sites (tertiary alicyclic amines) is 2. The molecule has 3 aromatic carbocycles. The van der Waals surface area contributed by atoms with E-state index in [1.165, 1.54) is 14.2 Å². The van der Waals surface area contributed by atoms with Gasteiger partial charge in [0.25, 0.3) is 0 Å². The number of methoxy groups -OCH3 is 2. The Morgan fingerprint density at radius 1 is 0.767 bits per heavy atom. The fourth-order valence-electron chi connectivity index (χ4n) is 9.62. The predicted octanol–water partition coefficient (Wildman–Crippen LogP) is 7.22. The number of imidazole rings is 1. The molecule has 8 rings (SSSR count). The molecule has 4 N–H and O–H groups in total. The number of aromatic nitrogens is 3. The van der Waals surface area contributed by atoms with Gasteiger partial charge in [-0.3, -0.25) is 14.4 Å². The molecule has 1 saturated carbocycles. The first-order valence-electron chi connectivity index (χ1n) is 20.9. The molecule has 0 unspecified atom stereocenters. The molecule has 0 spiro atoms. The van der Waals surface area contributed by atoms with Gasteiger partial charge in [-0.1, -0.05) is 58.0 Å². The number of H-pyrrole nitrogens is 2. The van der Waals surface area contributed by atoms with Crippen molar-refractivity contribution in [2.75, 3.05) is 20.8 Å². The average molecular weight is 816 g/mol. The third-order valence-electron chi connectivity index (χ3n) is 12.7. The van der Waals surface area contributed by atoms with Crippen molar-refractivity contribution in [2.45, 2.75) is 90.0 Å². The molecular weight excluding hydrogens is 763 g/mol. The molecular formula is C46H53N7O7. The molecule has 14 heteroatoms. The second-order valence-corrected chi connectivity index (χ2v) is 17.1. The average Bonchev–Trinajstić information content (AvgIpc) is 4.08. The molecule has 5 aromatic rings. The van der Waals surface area contributed by atoms with E-state index in [0.717, 1.165) is 65.3 Å². The van der Waals surface area contributed by atoms with E-state index in [-0.39, 0.29) is 53.1 Å². The number of alkyl carbamates (subject to hydrolysis) is 2. The van der Waals surface area contributed by atoms with Gasteiger partial charge in [0.2, 0.25) is 11.8 Å². The lowest BCUT2D eigenvalue weighted by Gasteiger charge is -2.38. The van der Waals surface area contributed by atoms with E-state index in [0.29, 0.717) is 29.0 Å². The van der Waals surface area contributed by atoms with E-state index in [2.05, 4.69) is 50.9 Å². The van der Waals surface area contributed by atoms with Gasteiger partial charge in [-0.2, -0.15) is 0 Å². The highest BCUT2D eigenvalue weighted by Gasteiger charge is 2.51. The molecule has 1 aliphatic carbocycles. The summed E-state index contributed by atoms with van der Waals surface area (Å²) in [5.74, 6) is 0.330. The molecule has 3 aliphatic rings. The number of carbonyl (C=O) groups excluding carboxylic acids is 4. The van der Waals surface area contributed by atoms with Crippen LogP contribution in [0.5, 0.6) is 0 Å². The lowest BCUT2D eigenvalue weighted by atomic mass is 9.93. The zero-order valence-corrected chi connectivity index (χ0v) is 34.9. The van der Waals surface area contributed by atoms with E-state index in [4.69, 9.17) is 14.5 Å². The highest BCUT2D eigenvalue weighted by Crippen LogP contribution is 2.50. The topological polar surface area (TPSA) is 179 Å². The Balaban J connectivity index is 1.03. The molecule has 2 saturated heterocycles. The Kier molecular flexibility index (Phi) is 11.1. The van der Waals surface area contributed by atoms with Crippen molar-refractivity contribution in [3.63, 3.8) is 0 Å². The Morgan fingerprint density at radius 3 is 2.08 bits per heavy atom. The number of nitrogens with zero attached hydrogens (tertiary/aromatic N) is 3. The molecule has 4 amide bonds. The predicted molar refractivity (Wildman–Crippen MR) is 228 cm³/mol. The number of nitrogens with one attached hydrogen (secondary N) is 4. The van der Waals surface area contributed by atoms with Crippen molar-refractivity contribution in [2.24, 2.45) is 17.8 Å². The molecule has 0 radical (unpaired) electrons. The lowest BCUT2D eigenvalue weighted by Crippen LogP contribution is -2.54. The summed E-state index contributed by atoms with van der Waals surface area (Å²) in [6.45, 7) is 8.17. The van der Waals surface area contributed by atoms with Crippen LogP contribution in [0.15, 0.2) is 71.7 Å². The standard InChI is InChI=1S/C46H53N7O7/c1-24(2)39(50-45(57)59-5)43(55)52-17-7-8-37(52)42-47-23-36(49-42)30-12-11-26-18-27(9-10-28(26)19-30)29-14-16-33-34(21-29)48-35(22-38(33)54)41-31-13-15-32(20-31)53(41)44(56)40(25(3)4)51-46(58)60-6/h9-12,14,16,18-19,21-25,31-32,37,39-41H,7-8,13,15,17,20H2,1-6H3,(H,47,49)(H,48,54)(H,50,57)(H,51,58)/t31-,32+,37-,39-,40-,41-/m0/s1. The number of fused-ring (bicyclic) bond motifs is 4. The van der Waals surface area contributed by atoms with Crippen molar-refractivity contribution in [3.8, 4) is 22.4 Å². The summed E-state index contributed by atoms with van der Waals surface area (Å²) in [6, 6.07) is 18.0. The SMILES string of the molecule is COC(=O)N[C@H](C(=O)N1CCC[C@H]1c1ncc(-c2ccc3cc(-c4ccc5c(=O)cc([C@@H]6[C@H]7CC[C@H](C7)N6C(=O)[C@@H](NC(=O)OC)C(C)C)[nH]c5c4)ccc3c2)[nH]1)C(C)C. The minimum absolute atomic E-state index is 0.0429. The first kappa shape index (κ1) is 40.6. The van der Waals surface area contributed by atoms with Crippen molar-refractivity contribution < 1.29 is 28.7 Å². The van der Waals surface area contributed by atoms with Crippen LogP contribution in [-0.2, 0) is 19.1 Å². The van der Waals surface area contributed by atoms with Crippen LogP contribution in [0.25, 0.3) is 44.1 Å². The first-order valence-corrected chi connectivity index (χ1v) is 20.9. The summed E-state index contributed by atoms with van der Waals surface area (Å²) in [4.78, 5) is 81.0. The van der Waals surface area contributed by atoms with Gasteiger partial charge < -0.3 is 39.9 Å². The maximum Gasteiger partial charge on any atom is 0.407 e. The fraction of sp³-hybridized carbons (Fsp3) is 0.435. The number of aromatic amines is 2. The summed E-state index contributed by atoms with van der Waals surface area (Å²) in [7, 11) is 2.57. The number of carbonyl (C=O) groups is 4. The number of benzene rings is 3. The zero-order valence-electron chi connectivity index (χ0n) is 34.9. The molecule has 6 atom stereocenters. The smallest absolute Gasteiger partial charge is 0.407 e. The van der Waals surface area contributed by atoms with Crippen LogP contribution in [0.4, 0.5) is 9.59 Å². The summed E-state index contributed by atoms with van der Waals surface area (Å²) >= 11 is 0. The zero-order chi connectivity index (χ0) is 42.4. The van der Waals surface area contributed by atoms with Gasteiger partial charge >= 0.3 is 12.2 Å². The number of hydrogen-bond donors (Lipinski definition) is 4. The van der Waals surface area contributed by atoms with E-state index in [1.54, 1.807) is 17.2 Å². The van der Waals surface area contributed by atoms with Gasteiger partial charge in [-0.05, 0) is 96.0 Å². The van der Waals surface area contributed by atoms with Crippen LogP contribution in [0.1, 0.15) is 83.4 Å². The van der Waals surface area contributed by atoms with Gasteiger partial charge in [-0.15, -0.1) is 0 Å². The van der Waals surface area contributed by atoms with E-state index in [1.807, 2.05) is 56.9 Å². The highest BCUT2D eigenvalue weighted by atomic mass is 16.5. The Morgan fingerprint density at radius 2 is 1.40 bits per heavy atom. The van der Waals surface area contributed by atoms with Crippen LogP contribution in [0, 0.1) is 17.8 Å². The van der Waals surface area contributed by atoms with Crippen LogP contribution in [-0.4, -0.2) is 87.6 Å². The maximum absolute atomic E-state index is 14.1. The van der Waals surface area contributed by atoms with Gasteiger partial charge in [0.1, 0.15) is 17.9 Å².